The third kappa shape index (κ3) is 10.8. The average Bonchev–Trinajstić information content (AvgIpc) is 3.31. The lowest BCUT2D eigenvalue weighted by Gasteiger charge is -2.06. The third-order valence-corrected chi connectivity index (χ3v) is 9.80. The molecule has 0 aliphatic heterocycles. The maximum absolute atomic E-state index is 4.59. The van der Waals surface area contributed by atoms with Crippen LogP contribution in [0.2, 0.25) is 0 Å². The maximum Gasteiger partial charge on any atom is 0.210 e. The van der Waals surface area contributed by atoms with E-state index >= 15 is 0 Å². The molecule has 0 aliphatic rings. The quantitative estimate of drug-likeness (QED) is 0.0764. The molecule has 8 aromatic rings. The molecular weight excluding hydrogens is 809 g/mol. The molecule has 8 heteroatoms. The van der Waals surface area contributed by atoms with E-state index in [2.05, 4.69) is 175 Å². The van der Waals surface area contributed by atoms with Gasteiger partial charge in [0.25, 0.3) is 0 Å². The Balaban J connectivity index is 0.000000181. The Labute approximate surface area is 373 Å². The van der Waals surface area contributed by atoms with E-state index < -0.39 is 0 Å². The van der Waals surface area contributed by atoms with E-state index in [-0.39, 0.29) is 0 Å². The summed E-state index contributed by atoms with van der Waals surface area (Å²) in [7, 11) is 0. The predicted octanol–water partition coefficient (Wildman–Crippen LogP) is 10.3. The average molecular weight is 843 g/mol. The number of thiol groups is 4. The number of nitrogens with zero attached hydrogens (tertiary/aromatic N) is 4. The highest BCUT2D eigenvalue weighted by atomic mass is 32.1. The van der Waals surface area contributed by atoms with Crippen molar-refractivity contribution in [3.05, 3.63) is 205 Å². The van der Waals surface area contributed by atoms with Crippen LogP contribution in [-0.4, -0.2) is 9.97 Å². The molecule has 0 spiro atoms. The van der Waals surface area contributed by atoms with E-state index in [1.807, 2.05) is 122 Å². The van der Waals surface area contributed by atoms with Crippen LogP contribution in [0.25, 0.3) is 56.1 Å². The molecular formula is C52H34N4S4+2. The summed E-state index contributed by atoms with van der Waals surface area (Å²) in [4.78, 5) is 9.19. The van der Waals surface area contributed by atoms with E-state index in [0.717, 1.165) is 78.4 Å². The molecule has 0 radical (unpaired) electrons. The molecule has 0 saturated heterocycles. The Morgan fingerprint density at radius 3 is 0.833 bits per heavy atom. The van der Waals surface area contributed by atoms with Crippen LogP contribution in [0.15, 0.2) is 183 Å². The SMILES string of the molecule is SC#Cc1ccc(-[n+]2ccc(-c3cc[n+](-c4ccc(C#CS)cc4)cc3)cc2)cc1.SC#Cc1ccc(-c2ccc(-c3ccc(-c4ccc(C#CS)cc4)cn3)nc2)cc1. The number of hydrogen-bond acceptors (Lipinski definition) is 6. The molecule has 60 heavy (non-hydrogen) atoms. The summed E-state index contributed by atoms with van der Waals surface area (Å²) >= 11 is 15.7. The van der Waals surface area contributed by atoms with Gasteiger partial charge in [-0.2, -0.15) is 9.13 Å². The first kappa shape index (κ1) is 41.3. The van der Waals surface area contributed by atoms with Gasteiger partial charge in [-0.15, -0.1) is 0 Å². The van der Waals surface area contributed by atoms with Crippen LogP contribution in [0.3, 0.4) is 0 Å². The zero-order valence-corrected chi connectivity index (χ0v) is 35.5. The number of benzene rings is 4. The second kappa shape index (κ2) is 20.7. The van der Waals surface area contributed by atoms with Gasteiger partial charge in [-0.25, -0.2) is 0 Å². The largest absolute Gasteiger partial charge is 0.254 e. The molecule has 0 unspecified atom stereocenters. The van der Waals surface area contributed by atoms with Crippen molar-refractivity contribution >= 4 is 50.5 Å². The van der Waals surface area contributed by atoms with E-state index in [9.17, 15) is 0 Å². The molecule has 0 amide bonds. The summed E-state index contributed by atoms with van der Waals surface area (Å²) in [5.74, 6) is 11.7. The molecule has 0 fully saturated rings. The zero-order valence-electron chi connectivity index (χ0n) is 31.9. The third-order valence-electron chi connectivity index (χ3n) is 9.35. The molecule has 284 valence electrons. The van der Waals surface area contributed by atoms with Crippen LogP contribution in [0.1, 0.15) is 22.3 Å². The Hall–Kier alpha value is -6.88. The Kier molecular flexibility index (Phi) is 14.2. The monoisotopic (exact) mass is 842 g/mol. The van der Waals surface area contributed by atoms with Gasteiger partial charge in [0.05, 0.1) is 11.4 Å². The molecule has 0 N–H and O–H groups in total. The highest BCUT2D eigenvalue weighted by molar-refractivity contribution is 7.85. The van der Waals surface area contributed by atoms with Crippen LogP contribution in [-0.2, 0) is 0 Å². The van der Waals surface area contributed by atoms with Crippen molar-refractivity contribution in [1.29, 1.82) is 0 Å². The molecule has 0 bridgehead atoms. The standard InChI is InChI=1S/2C26H16N2S2/c29-19-13-21-1-5-25(6-2-21)27-15-9-23(10-16-27)24-11-17-28(18-12-24)26-7-3-22(4-8-26)14-20-30;29-15-13-19-1-5-21(6-2-19)23-9-11-25(27-17-23)26-12-10-24(18-28-26)22-7-3-20(4-8-22)14-16-30/h1-12,15-18H;1-12,17-18,29-30H/p+2. The van der Waals surface area contributed by atoms with Gasteiger partial charge in [-0.1, -0.05) is 111 Å². The van der Waals surface area contributed by atoms with E-state index in [0.29, 0.717) is 0 Å². The van der Waals surface area contributed by atoms with Crippen LogP contribution in [0.5, 0.6) is 0 Å². The Morgan fingerprint density at radius 2 is 0.567 bits per heavy atom. The van der Waals surface area contributed by atoms with Gasteiger partial charge >= 0.3 is 0 Å². The highest BCUT2D eigenvalue weighted by Crippen LogP contribution is 2.25. The van der Waals surface area contributed by atoms with E-state index in [4.69, 9.17) is 0 Å². The first-order chi connectivity index (χ1) is 29.5. The fraction of sp³-hybridized carbons (Fsp3) is 0. The smallest absolute Gasteiger partial charge is 0.210 e. The summed E-state index contributed by atoms with van der Waals surface area (Å²) in [5.41, 5.74) is 14.2. The van der Waals surface area contributed by atoms with E-state index in [1.165, 1.54) is 0 Å². The van der Waals surface area contributed by atoms with Crippen molar-refractivity contribution in [3.8, 4) is 101 Å². The Bertz CT molecular complexity index is 2540. The summed E-state index contributed by atoms with van der Waals surface area (Å²) in [6.45, 7) is 0. The van der Waals surface area contributed by atoms with Crippen molar-refractivity contribution in [2.24, 2.45) is 0 Å². The van der Waals surface area contributed by atoms with Crippen LogP contribution >= 0.6 is 50.5 Å². The van der Waals surface area contributed by atoms with Gasteiger partial charge in [0.15, 0.2) is 24.8 Å². The van der Waals surface area contributed by atoms with Crippen molar-refractivity contribution in [2.45, 2.75) is 0 Å². The molecule has 0 atom stereocenters. The molecule has 4 heterocycles. The number of hydrogen-bond donors (Lipinski definition) is 4. The van der Waals surface area contributed by atoms with E-state index in [1.54, 1.807) is 0 Å². The van der Waals surface area contributed by atoms with Gasteiger partial charge in [0, 0.05) is 94.3 Å². The number of aromatic nitrogens is 4. The van der Waals surface area contributed by atoms with Gasteiger partial charge < -0.3 is 0 Å². The van der Waals surface area contributed by atoms with Crippen molar-refractivity contribution in [3.63, 3.8) is 0 Å². The second-order valence-electron chi connectivity index (χ2n) is 13.0. The number of pyridine rings is 4. The molecule has 4 aromatic heterocycles. The molecule has 8 rings (SSSR count). The summed E-state index contributed by atoms with van der Waals surface area (Å²) in [6.07, 6.45) is 12.0. The lowest BCUT2D eigenvalue weighted by Crippen LogP contribution is -2.29. The molecule has 4 aromatic carbocycles. The molecule has 0 saturated carbocycles. The fourth-order valence-electron chi connectivity index (χ4n) is 6.20. The second-order valence-corrected chi connectivity index (χ2v) is 13.9. The minimum atomic E-state index is 0.835. The van der Waals surface area contributed by atoms with Gasteiger partial charge in [-0.05, 0) is 104 Å². The highest BCUT2D eigenvalue weighted by Gasteiger charge is 2.10. The van der Waals surface area contributed by atoms with Crippen molar-refractivity contribution in [1.82, 2.24) is 9.97 Å². The van der Waals surface area contributed by atoms with Gasteiger partial charge in [0.1, 0.15) is 0 Å². The van der Waals surface area contributed by atoms with Crippen molar-refractivity contribution < 1.29 is 9.13 Å². The Morgan fingerprint density at radius 1 is 0.300 bits per heavy atom. The lowest BCUT2D eigenvalue weighted by molar-refractivity contribution is -0.596. The first-order valence-electron chi connectivity index (χ1n) is 18.5. The summed E-state index contributed by atoms with van der Waals surface area (Å²) < 4.78 is 4.17. The molecule has 4 nitrogen and oxygen atoms in total. The fourth-order valence-corrected chi connectivity index (χ4v) is 6.71. The topological polar surface area (TPSA) is 33.5 Å². The van der Waals surface area contributed by atoms with Crippen LogP contribution in [0.4, 0.5) is 0 Å². The zero-order chi connectivity index (χ0) is 41.5. The normalized spacial score (nSPS) is 9.80. The lowest BCUT2D eigenvalue weighted by atomic mass is 10.0. The minimum absolute atomic E-state index is 0.835. The summed E-state index contributed by atoms with van der Waals surface area (Å²) in [5, 5.41) is 10.5. The first-order valence-corrected chi connectivity index (χ1v) is 20.3. The number of rotatable bonds is 6. The maximum atomic E-state index is 4.59. The minimum Gasteiger partial charge on any atom is -0.254 e. The van der Waals surface area contributed by atoms with Crippen LogP contribution < -0.4 is 9.13 Å². The van der Waals surface area contributed by atoms with Crippen molar-refractivity contribution in [2.75, 3.05) is 0 Å². The molecule has 0 aliphatic carbocycles. The van der Waals surface area contributed by atoms with Crippen LogP contribution in [0, 0.1) is 44.7 Å². The summed E-state index contributed by atoms with van der Waals surface area (Å²) in [6, 6.07) is 48.8. The predicted molar refractivity (Wildman–Crippen MR) is 257 cm³/mol. The van der Waals surface area contributed by atoms with Gasteiger partial charge in [0.2, 0.25) is 11.4 Å². The van der Waals surface area contributed by atoms with Gasteiger partial charge in [-0.3, -0.25) is 9.97 Å².